The van der Waals surface area contributed by atoms with Crippen molar-refractivity contribution in [3.8, 4) is 0 Å². The van der Waals surface area contributed by atoms with Crippen molar-refractivity contribution in [2.75, 3.05) is 4.90 Å². The van der Waals surface area contributed by atoms with Crippen LogP contribution in [-0.4, -0.2) is 16.7 Å². The van der Waals surface area contributed by atoms with Crippen molar-refractivity contribution in [1.29, 1.82) is 0 Å². The molecule has 3 aromatic rings. The standard InChI is InChI=1S/C27H24N2O2/c1-18-7-5-6-10-23(18)29-24-15-21(19-8-3-2-4-9-19)16-25(30)27(24)22(17-26(29)31)20-11-13-28-14-12-20/h2-14,21-22H,15-17H2,1H3. The lowest BCUT2D eigenvalue weighted by Gasteiger charge is -2.41. The number of nitrogens with zero attached hydrogens (tertiary/aromatic N) is 2. The van der Waals surface area contributed by atoms with Crippen molar-refractivity contribution >= 4 is 17.4 Å². The molecule has 4 heteroatoms. The van der Waals surface area contributed by atoms with Gasteiger partial charge in [-0.15, -0.1) is 0 Å². The number of rotatable bonds is 3. The first-order valence-corrected chi connectivity index (χ1v) is 10.7. The number of ketones is 1. The maximum atomic E-state index is 13.6. The zero-order chi connectivity index (χ0) is 21.4. The van der Waals surface area contributed by atoms with Crippen LogP contribution >= 0.6 is 0 Å². The summed E-state index contributed by atoms with van der Waals surface area (Å²) in [5.41, 5.74) is 5.67. The highest BCUT2D eigenvalue weighted by atomic mass is 16.2. The number of benzene rings is 2. The minimum atomic E-state index is -0.213. The van der Waals surface area contributed by atoms with Crippen molar-refractivity contribution in [3.63, 3.8) is 0 Å². The van der Waals surface area contributed by atoms with Crippen LogP contribution < -0.4 is 4.90 Å². The molecule has 154 valence electrons. The first-order chi connectivity index (χ1) is 15.1. The Bertz CT molecular complexity index is 1170. The molecule has 0 bridgehead atoms. The van der Waals surface area contributed by atoms with Gasteiger partial charge in [-0.05, 0) is 54.2 Å². The first-order valence-electron chi connectivity index (χ1n) is 10.7. The zero-order valence-electron chi connectivity index (χ0n) is 17.5. The third-order valence-electron chi connectivity index (χ3n) is 6.47. The van der Waals surface area contributed by atoms with Gasteiger partial charge in [0, 0.05) is 42.4 Å². The molecule has 1 aliphatic heterocycles. The molecule has 2 atom stereocenters. The predicted molar refractivity (Wildman–Crippen MR) is 121 cm³/mol. The molecule has 0 radical (unpaired) electrons. The molecular weight excluding hydrogens is 384 g/mol. The van der Waals surface area contributed by atoms with E-state index < -0.39 is 0 Å². The second kappa shape index (κ2) is 7.95. The van der Waals surface area contributed by atoms with Gasteiger partial charge in [-0.2, -0.15) is 0 Å². The van der Waals surface area contributed by atoms with Gasteiger partial charge in [0.15, 0.2) is 5.78 Å². The second-order valence-corrected chi connectivity index (χ2v) is 8.35. The monoisotopic (exact) mass is 408 g/mol. The molecule has 5 rings (SSSR count). The topological polar surface area (TPSA) is 50.3 Å². The minimum absolute atomic E-state index is 0.0383. The lowest BCUT2D eigenvalue weighted by Crippen LogP contribution is -2.42. The van der Waals surface area contributed by atoms with Gasteiger partial charge in [0.25, 0.3) is 0 Å². The lowest BCUT2D eigenvalue weighted by molar-refractivity contribution is -0.120. The number of amides is 1. The summed E-state index contributed by atoms with van der Waals surface area (Å²) in [6, 6.07) is 21.9. The number of para-hydroxylation sites is 1. The molecule has 1 amide bonds. The number of carbonyl (C=O) groups excluding carboxylic acids is 2. The van der Waals surface area contributed by atoms with E-state index in [9.17, 15) is 9.59 Å². The molecular formula is C27H24N2O2. The maximum Gasteiger partial charge on any atom is 0.232 e. The summed E-state index contributed by atoms with van der Waals surface area (Å²) < 4.78 is 0. The van der Waals surface area contributed by atoms with Crippen LogP contribution in [0.4, 0.5) is 5.69 Å². The van der Waals surface area contributed by atoms with Crippen molar-refractivity contribution in [2.45, 2.75) is 38.0 Å². The highest BCUT2D eigenvalue weighted by molar-refractivity contribution is 6.08. The number of aryl methyl sites for hydroxylation is 1. The number of Topliss-reactive ketones (excluding diaryl/α,β-unsaturated/α-hetero) is 1. The van der Waals surface area contributed by atoms with Crippen molar-refractivity contribution in [1.82, 2.24) is 4.98 Å². The van der Waals surface area contributed by atoms with Crippen molar-refractivity contribution < 1.29 is 9.59 Å². The van der Waals surface area contributed by atoms with Gasteiger partial charge in [0.2, 0.25) is 5.91 Å². The molecule has 2 heterocycles. The Hall–Kier alpha value is -3.53. The van der Waals surface area contributed by atoms with E-state index in [2.05, 4.69) is 17.1 Å². The van der Waals surface area contributed by atoms with Crippen LogP contribution in [0.1, 0.15) is 47.8 Å². The van der Waals surface area contributed by atoms with Crippen molar-refractivity contribution in [3.05, 3.63) is 107 Å². The molecule has 0 saturated heterocycles. The van der Waals surface area contributed by atoms with E-state index in [1.807, 2.05) is 66.4 Å². The van der Waals surface area contributed by atoms with E-state index in [1.54, 1.807) is 12.4 Å². The number of pyridine rings is 1. The van der Waals surface area contributed by atoms with Crippen LogP contribution in [0.15, 0.2) is 90.4 Å². The normalized spacial score (nSPS) is 21.3. The summed E-state index contributed by atoms with van der Waals surface area (Å²) in [6.45, 7) is 2.01. The molecule has 0 fully saturated rings. The number of carbonyl (C=O) groups is 2. The number of aromatic nitrogens is 1. The Morgan fingerprint density at radius 3 is 2.26 bits per heavy atom. The zero-order valence-corrected chi connectivity index (χ0v) is 17.5. The Labute approximate surface area is 182 Å². The van der Waals surface area contributed by atoms with Gasteiger partial charge in [-0.1, -0.05) is 48.5 Å². The Balaban J connectivity index is 1.67. The van der Waals surface area contributed by atoms with Gasteiger partial charge >= 0.3 is 0 Å². The van der Waals surface area contributed by atoms with E-state index >= 15 is 0 Å². The molecule has 0 spiro atoms. The summed E-state index contributed by atoms with van der Waals surface area (Å²) in [5.74, 6) is 0.0392. The summed E-state index contributed by atoms with van der Waals surface area (Å²) in [4.78, 5) is 33.0. The molecule has 4 nitrogen and oxygen atoms in total. The third-order valence-corrected chi connectivity index (χ3v) is 6.47. The van der Waals surface area contributed by atoms with E-state index in [0.29, 0.717) is 19.3 Å². The minimum Gasteiger partial charge on any atom is -0.294 e. The van der Waals surface area contributed by atoms with E-state index in [0.717, 1.165) is 33.6 Å². The van der Waals surface area contributed by atoms with Crippen LogP contribution in [0.3, 0.4) is 0 Å². The Morgan fingerprint density at radius 1 is 0.806 bits per heavy atom. The molecule has 2 aliphatic rings. The first kappa shape index (κ1) is 19.4. The fraction of sp³-hybridized carbons (Fsp3) is 0.222. The average Bonchev–Trinajstić information content (AvgIpc) is 2.80. The van der Waals surface area contributed by atoms with Crippen LogP contribution in [0, 0.1) is 6.92 Å². The summed E-state index contributed by atoms with van der Waals surface area (Å²) >= 11 is 0. The summed E-state index contributed by atoms with van der Waals surface area (Å²) in [5, 5.41) is 0. The highest BCUT2D eigenvalue weighted by Gasteiger charge is 2.42. The fourth-order valence-electron chi connectivity index (χ4n) is 4.97. The van der Waals surface area contributed by atoms with Crippen LogP contribution in [0.5, 0.6) is 0 Å². The molecule has 0 N–H and O–H groups in total. The number of hydrogen-bond donors (Lipinski definition) is 0. The molecule has 1 aliphatic carbocycles. The molecule has 31 heavy (non-hydrogen) atoms. The highest BCUT2D eigenvalue weighted by Crippen LogP contribution is 2.47. The third kappa shape index (κ3) is 3.48. The van der Waals surface area contributed by atoms with E-state index in [1.165, 1.54) is 0 Å². The number of allylic oxidation sites excluding steroid dienone is 2. The van der Waals surface area contributed by atoms with Crippen LogP contribution in [0.25, 0.3) is 0 Å². The fourth-order valence-corrected chi connectivity index (χ4v) is 4.97. The van der Waals surface area contributed by atoms with E-state index in [4.69, 9.17) is 0 Å². The SMILES string of the molecule is Cc1ccccc1N1C(=O)CC(c2ccncc2)C2=C1CC(c1ccccc1)CC2=O. The van der Waals surface area contributed by atoms with Crippen LogP contribution in [0.2, 0.25) is 0 Å². The average molecular weight is 409 g/mol. The largest absolute Gasteiger partial charge is 0.294 e. The lowest BCUT2D eigenvalue weighted by atomic mass is 9.73. The van der Waals surface area contributed by atoms with Gasteiger partial charge in [0.1, 0.15) is 0 Å². The van der Waals surface area contributed by atoms with Crippen LogP contribution in [-0.2, 0) is 9.59 Å². The van der Waals surface area contributed by atoms with Gasteiger partial charge < -0.3 is 0 Å². The number of anilines is 1. The van der Waals surface area contributed by atoms with Gasteiger partial charge in [0.05, 0.1) is 5.69 Å². The smallest absolute Gasteiger partial charge is 0.232 e. The maximum absolute atomic E-state index is 13.6. The molecule has 2 aromatic carbocycles. The van der Waals surface area contributed by atoms with Crippen molar-refractivity contribution in [2.24, 2.45) is 0 Å². The van der Waals surface area contributed by atoms with Gasteiger partial charge in [-0.25, -0.2) is 0 Å². The Morgan fingerprint density at radius 2 is 1.52 bits per heavy atom. The molecule has 0 saturated carbocycles. The van der Waals surface area contributed by atoms with Gasteiger partial charge in [-0.3, -0.25) is 19.5 Å². The second-order valence-electron chi connectivity index (χ2n) is 8.35. The summed E-state index contributed by atoms with van der Waals surface area (Å²) in [6.07, 6.45) is 4.90. The molecule has 2 unspecified atom stereocenters. The molecule has 1 aromatic heterocycles. The number of hydrogen-bond acceptors (Lipinski definition) is 3. The quantitative estimate of drug-likeness (QED) is 0.590. The van der Waals surface area contributed by atoms with E-state index in [-0.39, 0.29) is 23.5 Å². The predicted octanol–water partition coefficient (Wildman–Crippen LogP) is 5.31. The Kier molecular flexibility index (Phi) is 4.99. The summed E-state index contributed by atoms with van der Waals surface area (Å²) in [7, 11) is 0.